The maximum atomic E-state index is 4.26. The highest BCUT2D eigenvalue weighted by Gasteiger charge is 2.16. The van der Waals surface area contributed by atoms with Crippen LogP contribution in [0.3, 0.4) is 0 Å². The summed E-state index contributed by atoms with van der Waals surface area (Å²) in [6, 6.07) is 0. The van der Waals surface area contributed by atoms with E-state index in [9.17, 15) is 0 Å². The summed E-state index contributed by atoms with van der Waals surface area (Å²) < 4.78 is 2.21. The van der Waals surface area contributed by atoms with E-state index in [1.165, 1.54) is 57.8 Å². The van der Waals surface area contributed by atoms with Gasteiger partial charge in [-0.05, 0) is 27.2 Å². The molecule has 0 aliphatic heterocycles. The molecule has 0 radical (unpaired) electrons. The van der Waals surface area contributed by atoms with Gasteiger partial charge in [-0.25, -0.2) is 0 Å². The van der Waals surface area contributed by atoms with E-state index < -0.39 is 0 Å². The van der Waals surface area contributed by atoms with Crippen molar-refractivity contribution < 1.29 is 0 Å². The number of hydrogen-bond donors (Lipinski definition) is 0. The summed E-state index contributed by atoms with van der Waals surface area (Å²) in [7, 11) is 0. The molecule has 20 heavy (non-hydrogen) atoms. The van der Waals surface area contributed by atoms with Gasteiger partial charge in [-0.1, -0.05) is 58.3 Å². The summed E-state index contributed by atoms with van der Waals surface area (Å²) in [5.74, 6) is 1.14. The molecule has 1 aromatic heterocycles. The molecule has 0 amide bonds. The number of nitrogens with zero attached hydrogens (tertiary/aromatic N) is 3. The molecule has 1 heterocycles. The molecule has 0 spiro atoms. The number of aromatic nitrogens is 3. The molecule has 0 N–H and O–H groups in total. The molecule has 3 heteroatoms. The third-order valence-corrected chi connectivity index (χ3v) is 3.85. The van der Waals surface area contributed by atoms with Crippen LogP contribution in [0.2, 0.25) is 0 Å². The van der Waals surface area contributed by atoms with Crippen molar-refractivity contribution in [1.29, 1.82) is 0 Å². The monoisotopic (exact) mass is 279 g/mol. The Morgan fingerprint density at radius 3 is 2.00 bits per heavy atom. The first kappa shape index (κ1) is 17.2. The lowest BCUT2D eigenvalue weighted by atomic mass is 10.1. The molecule has 0 bridgehead atoms. The minimum absolute atomic E-state index is 0.0953. The van der Waals surface area contributed by atoms with Crippen LogP contribution in [-0.2, 0) is 12.0 Å². The van der Waals surface area contributed by atoms with Crippen LogP contribution in [0.4, 0.5) is 0 Å². The minimum Gasteiger partial charge on any atom is -0.312 e. The topological polar surface area (TPSA) is 30.7 Å². The second kappa shape index (κ2) is 9.15. The van der Waals surface area contributed by atoms with Crippen LogP contribution < -0.4 is 0 Å². The van der Waals surface area contributed by atoms with Gasteiger partial charge in [-0.3, -0.25) is 0 Å². The van der Waals surface area contributed by atoms with E-state index in [1.54, 1.807) is 0 Å². The Kier molecular flexibility index (Phi) is 7.86. The number of rotatable bonds is 10. The molecule has 0 aliphatic rings. The first-order chi connectivity index (χ1) is 9.55. The van der Waals surface area contributed by atoms with Gasteiger partial charge in [-0.2, -0.15) is 0 Å². The lowest BCUT2D eigenvalue weighted by Gasteiger charge is -2.22. The van der Waals surface area contributed by atoms with Crippen LogP contribution in [0, 0.1) is 0 Å². The Morgan fingerprint density at radius 2 is 1.45 bits per heavy atom. The molecular formula is C17H33N3. The third kappa shape index (κ3) is 6.53. The fraction of sp³-hybridized carbons (Fsp3) is 0.882. The highest BCUT2D eigenvalue weighted by atomic mass is 15.3. The molecule has 0 atom stereocenters. The van der Waals surface area contributed by atoms with E-state index in [0.29, 0.717) is 0 Å². The molecule has 0 fully saturated rings. The average Bonchev–Trinajstić information content (AvgIpc) is 2.85. The highest BCUT2D eigenvalue weighted by Crippen LogP contribution is 2.17. The van der Waals surface area contributed by atoms with E-state index in [1.807, 2.05) is 6.33 Å². The molecule has 1 aromatic rings. The van der Waals surface area contributed by atoms with Crippen molar-refractivity contribution in [2.24, 2.45) is 0 Å². The van der Waals surface area contributed by atoms with Gasteiger partial charge < -0.3 is 4.57 Å². The SMILES string of the molecule is CCCCCCCCCCCc1nncn1C(C)(C)C. The maximum Gasteiger partial charge on any atom is 0.133 e. The van der Waals surface area contributed by atoms with E-state index in [-0.39, 0.29) is 5.54 Å². The Labute approximate surface area is 125 Å². The van der Waals surface area contributed by atoms with Crippen LogP contribution in [0.25, 0.3) is 0 Å². The van der Waals surface area contributed by atoms with Gasteiger partial charge in [-0.15, -0.1) is 10.2 Å². The molecule has 0 saturated carbocycles. The Balaban J connectivity index is 2.09. The van der Waals surface area contributed by atoms with Crippen molar-refractivity contribution in [3.63, 3.8) is 0 Å². The molecule has 0 unspecified atom stereocenters. The summed E-state index contributed by atoms with van der Waals surface area (Å²) in [6.07, 6.45) is 15.3. The second-order valence-corrected chi connectivity index (χ2v) is 6.87. The van der Waals surface area contributed by atoms with Gasteiger partial charge in [0.05, 0.1) is 0 Å². The van der Waals surface area contributed by atoms with Crippen LogP contribution >= 0.6 is 0 Å². The predicted molar refractivity (Wildman–Crippen MR) is 85.9 cm³/mol. The van der Waals surface area contributed by atoms with Gasteiger partial charge in [0, 0.05) is 12.0 Å². The molecule has 116 valence electrons. The lowest BCUT2D eigenvalue weighted by molar-refractivity contribution is 0.379. The Morgan fingerprint density at radius 1 is 0.900 bits per heavy atom. The molecule has 0 aromatic carbocycles. The van der Waals surface area contributed by atoms with Gasteiger partial charge >= 0.3 is 0 Å². The van der Waals surface area contributed by atoms with Crippen molar-refractivity contribution in [2.75, 3.05) is 0 Å². The summed E-state index contributed by atoms with van der Waals surface area (Å²) in [5, 5.41) is 8.32. The molecule has 1 rings (SSSR count). The van der Waals surface area contributed by atoms with E-state index in [4.69, 9.17) is 0 Å². The molecule has 0 saturated heterocycles. The molecular weight excluding hydrogens is 246 g/mol. The maximum absolute atomic E-state index is 4.26. The smallest absolute Gasteiger partial charge is 0.133 e. The third-order valence-electron chi connectivity index (χ3n) is 3.85. The second-order valence-electron chi connectivity index (χ2n) is 6.87. The standard InChI is InChI=1S/C17H33N3/c1-5-6-7-8-9-10-11-12-13-14-16-19-18-15-20(16)17(2,3)4/h15H,5-14H2,1-4H3. The van der Waals surface area contributed by atoms with Crippen LogP contribution in [0.5, 0.6) is 0 Å². The zero-order chi connectivity index (χ0) is 14.8. The zero-order valence-corrected chi connectivity index (χ0v) is 14.0. The fourth-order valence-electron chi connectivity index (χ4n) is 2.58. The van der Waals surface area contributed by atoms with E-state index >= 15 is 0 Å². The van der Waals surface area contributed by atoms with Gasteiger partial charge in [0.2, 0.25) is 0 Å². The van der Waals surface area contributed by atoms with Crippen molar-refractivity contribution in [1.82, 2.24) is 14.8 Å². The average molecular weight is 279 g/mol. The summed E-state index contributed by atoms with van der Waals surface area (Å²) >= 11 is 0. The summed E-state index contributed by atoms with van der Waals surface area (Å²) in [5.41, 5.74) is 0.0953. The number of aryl methyl sites for hydroxylation is 1. The van der Waals surface area contributed by atoms with Crippen molar-refractivity contribution in [2.45, 2.75) is 97.4 Å². The normalized spacial score (nSPS) is 12.0. The largest absolute Gasteiger partial charge is 0.312 e. The number of unbranched alkanes of at least 4 members (excludes halogenated alkanes) is 8. The molecule has 3 nitrogen and oxygen atoms in total. The van der Waals surface area contributed by atoms with Crippen LogP contribution in [0.15, 0.2) is 6.33 Å². The lowest BCUT2D eigenvalue weighted by Crippen LogP contribution is -2.23. The zero-order valence-electron chi connectivity index (χ0n) is 14.0. The quantitative estimate of drug-likeness (QED) is 0.557. The minimum atomic E-state index is 0.0953. The van der Waals surface area contributed by atoms with E-state index in [0.717, 1.165) is 12.2 Å². The first-order valence-electron chi connectivity index (χ1n) is 8.45. The Hall–Kier alpha value is -0.860. The van der Waals surface area contributed by atoms with Gasteiger partial charge in [0.1, 0.15) is 12.2 Å². The first-order valence-corrected chi connectivity index (χ1v) is 8.45. The summed E-state index contributed by atoms with van der Waals surface area (Å²) in [4.78, 5) is 0. The molecule has 0 aliphatic carbocycles. The summed E-state index contributed by atoms with van der Waals surface area (Å²) in [6.45, 7) is 8.89. The van der Waals surface area contributed by atoms with Crippen LogP contribution in [-0.4, -0.2) is 14.8 Å². The highest BCUT2D eigenvalue weighted by molar-refractivity contribution is 4.92. The number of hydrogen-bond acceptors (Lipinski definition) is 2. The van der Waals surface area contributed by atoms with Crippen LogP contribution in [0.1, 0.15) is 91.3 Å². The fourth-order valence-corrected chi connectivity index (χ4v) is 2.58. The van der Waals surface area contributed by atoms with Crippen molar-refractivity contribution in [3.8, 4) is 0 Å². The predicted octanol–water partition coefficient (Wildman–Crippen LogP) is 5.11. The van der Waals surface area contributed by atoms with Crippen molar-refractivity contribution in [3.05, 3.63) is 12.2 Å². The van der Waals surface area contributed by atoms with Gasteiger partial charge in [0.15, 0.2) is 0 Å². The van der Waals surface area contributed by atoms with Gasteiger partial charge in [0.25, 0.3) is 0 Å². The van der Waals surface area contributed by atoms with E-state index in [2.05, 4.69) is 42.5 Å². The Bertz CT molecular complexity index is 349. The van der Waals surface area contributed by atoms with Crippen molar-refractivity contribution >= 4 is 0 Å².